The summed E-state index contributed by atoms with van der Waals surface area (Å²) in [6, 6.07) is 0. The van der Waals surface area contributed by atoms with Crippen molar-refractivity contribution in [3.8, 4) is 0 Å². The average Bonchev–Trinajstić information content (AvgIpc) is 2.64. The summed E-state index contributed by atoms with van der Waals surface area (Å²) in [5.74, 6) is 1.95. The standard InChI is InChI=1S/C15H24/c1-11(2)13(5)15(12(3)4)10-14-8-6-7-9-14/h6-8,11-12,15H,5,9-10H2,1-4H3. The smallest absolute Gasteiger partial charge is 0.0132 e. The van der Waals surface area contributed by atoms with Crippen LogP contribution < -0.4 is 0 Å². The van der Waals surface area contributed by atoms with Crippen LogP contribution in [0.25, 0.3) is 0 Å². The minimum atomic E-state index is 0.604. The quantitative estimate of drug-likeness (QED) is 0.567. The van der Waals surface area contributed by atoms with Gasteiger partial charge in [-0.1, -0.05) is 63.6 Å². The van der Waals surface area contributed by atoms with Gasteiger partial charge >= 0.3 is 0 Å². The highest BCUT2D eigenvalue weighted by Gasteiger charge is 2.20. The largest absolute Gasteiger partial charge is 0.0993 e. The van der Waals surface area contributed by atoms with Crippen molar-refractivity contribution in [3.63, 3.8) is 0 Å². The summed E-state index contributed by atoms with van der Waals surface area (Å²) < 4.78 is 0. The molecule has 0 spiro atoms. The molecule has 1 rings (SSSR count). The molecule has 15 heavy (non-hydrogen) atoms. The molecule has 1 unspecified atom stereocenters. The molecule has 1 aliphatic carbocycles. The van der Waals surface area contributed by atoms with E-state index in [9.17, 15) is 0 Å². The summed E-state index contributed by atoms with van der Waals surface area (Å²) in [4.78, 5) is 0. The monoisotopic (exact) mass is 204 g/mol. The van der Waals surface area contributed by atoms with Crippen LogP contribution in [-0.2, 0) is 0 Å². The molecule has 0 heterocycles. The lowest BCUT2D eigenvalue weighted by molar-refractivity contribution is 0.408. The van der Waals surface area contributed by atoms with Crippen molar-refractivity contribution in [3.05, 3.63) is 36.0 Å². The summed E-state index contributed by atoms with van der Waals surface area (Å²) >= 11 is 0. The Labute approximate surface area is 94.8 Å². The van der Waals surface area contributed by atoms with Crippen LogP contribution in [0.4, 0.5) is 0 Å². The van der Waals surface area contributed by atoms with E-state index in [1.54, 1.807) is 5.57 Å². The van der Waals surface area contributed by atoms with Gasteiger partial charge in [-0.25, -0.2) is 0 Å². The number of allylic oxidation sites excluding steroid dienone is 5. The molecule has 0 aromatic heterocycles. The van der Waals surface area contributed by atoms with Gasteiger partial charge in [0.05, 0.1) is 0 Å². The molecule has 1 aliphatic rings. The number of hydrogen-bond donors (Lipinski definition) is 0. The molecule has 0 amide bonds. The molecule has 0 N–H and O–H groups in total. The van der Waals surface area contributed by atoms with Gasteiger partial charge in [0.25, 0.3) is 0 Å². The SMILES string of the molecule is C=C(C(C)C)C(CC1=CC=CC1)C(C)C. The Morgan fingerprint density at radius 3 is 2.40 bits per heavy atom. The molecule has 0 heteroatoms. The Morgan fingerprint density at radius 2 is 2.00 bits per heavy atom. The Hall–Kier alpha value is -0.780. The molecule has 1 atom stereocenters. The lowest BCUT2D eigenvalue weighted by Crippen LogP contribution is -2.15. The zero-order chi connectivity index (χ0) is 11.4. The minimum Gasteiger partial charge on any atom is -0.0993 e. The van der Waals surface area contributed by atoms with Crippen molar-refractivity contribution in [2.24, 2.45) is 17.8 Å². The number of hydrogen-bond acceptors (Lipinski definition) is 0. The molecule has 84 valence electrons. The van der Waals surface area contributed by atoms with Crippen molar-refractivity contribution in [1.29, 1.82) is 0 Å². The summed E-state index contributed by atoms with van der Waals surface area (Å²) in [7, 11) is 0. The molecule has 0 fully saturated rings. The minimum absolute atomic E-state index is 0.604. The van der Waals surface area contributed by atoms with Crippen molar-refractivity contribution in [2.75, 3.05) is 0 Å². The topological polar surface area (TPSA) is 0 Å². The Kier molecular flexibility index (Phi) is 4.38. The Bertz CT molecular complexity index is 276. The molecule has 0 bridgehead atoms. The first-order valence-electron chi connectivity index (χ1n) is 6.05. The Balaban J connectivity index is 2.62. The fourth-order valence-electron chi connectivity index (χ4n) is 2.15. The molecular weight excluding hydrogens is 180 g/mol. The first-order chi connectivity index (χ1) is 7.02. The second kappa shape index (κ2) is 5.34. The lowest BCUT2D eigenvalue weighted by Gasteiger charge is -2.26. The Morgan fingerprint density at radius 1 is 1.33 bits per heavy atom. The van der Waals surface area contributed by atoms with Crippen LogP contribution in [0.3, 0.4) is 0 Å². The van der Waals surface area contributed by atoms with Crippen LogP contribution in [0.2, 0.25) is 0 Å². The van der Waals surface area contributed by atoms with E-state index in [1.165, 1.54) is 12.0 Å². The molecule has 0 aliphatic heterocycles. The first kappa shape index (κ1) is 12.3. The van der Waals surface area contributed by atoms with Gasteiger partial charge in [-0.2, -0.15) is 0 Å². The number of rotatable bonds is 5. The highest BCUT2D eigenvalue weighted by Crippen LogP contribution is 2.32. The van der Waals surface area contributed by atoms with Crippen LogP contribution >= 0.6 is 0 Å². The second-order valence-corrected chi connectivity index (χ2v) is 5.24. The van der Waals surface area contributed by atoms with E-state index >= 15 is 0 Å². The molecule has 0 aromatic rings. The third-order valence-electron chi connectivity index (χ3n) is 3.35. The molecule has 0 nitrogen and oxygen atoms in total. The maximum atomic E-state index is 4.27. The van der Waals surface area contributed by atoms with Crippen molar-refractivity contribution in [1.82, 2.24) is 0 Å². The van der Waals surface area contributed by atoms with Gasteiger partial charge < -0.3 is 0 Å². The van der Waals surface area contributed by atoms with E-state index in [1.807, 2.05) is 0 Å². The fourth-order valence-corrected chi connectivity index (χ4v) is 2.15. The van der Waals surface area contributed by atoms with Crippen LogP contribution in [0.5, 0.6) is 0 Å². The zero-order valence-electron chi connectivity index (χ0n) is 10.6. The maximum absolute atomic E-state index is 4.27. The molecular formula is C15H24. The van der Waals surface area contributed by atoms with E-state index < -0.39 is 0 Å². The fraction of sp³-hybridized carbons (Fsp3) is 0.600. The van der Waals surface area contributed by atoms with Crippen LogP contribution in [0, 0.1) is 17.8 Å². The van der Waals surface area contributed by atoms with Crippen LogP contribution in [0.1, 0.15) is 40.5 Å². The van der Waals surface area contributed by atoms with Crippen LogP contribution in [-0.4, -0.2) is 0 Å². The normalized spacial score (nSPS) is 17.3. The molecule has 0 saturated carbocycles. The van der Waals surface area contributed by atoms with Gasteiger partial charge in [-0.15, -0.1) is 0 Å². The molecule has 0 aromatic carbocycles. The van der Waals surface area contributed by atoms with E-state index in [0.29, 0.717) is 17.8 Å². The second-order valence-electron chi connectivity index (χ2n) is 5.24. The average molecular weight is 204 g/mol. The van der Waals surface area contributed by atoms with Gasteiger partial charge in [-0.05, 0) is 30.6 Å². The highest BCUT2D eigenvalue weighted by atomic mass is 14.3. The van der Waals surface area contributed by atoms with E-state index in [2.05, 4.69) is 52.5 Å². The summed E-state index contributed by atoms with van der Waals surface area (Å²) in [6.07, 6.45) is 9.02. The van der Waals surface area contributed by atoms with Crippen LogP contribution in [0.15, 0.2) is 36.0 Å². The van der Waals surface area contributed by atoms with Crippen molar-refractivity contribution in [2.45, 2.75) is 40.5 Å². The molecule has 0 radical (unpaired) electrons. The highest BCUT2D eigenvalue weighted by molar-refractivity contribution is 5.25. The summed E-state index contributed by atoms with van der Waals surface area (Å²) in [6.45, 7) is 13.4. The maximum Gasteiger partial charge on any atom is -0.0132 e. The summed E-state index contributed by atoms with van der Waals surface area (Å²) in [5.41, 5.74) is 2.98. The first-order valence-corrected chi connectivity index (χ1v) is 6.05. The van der Waals surface area contributed by atoms with E-state index in [4.69, 9.17) is 0 Å². The van der Waals surface area contributed by atoms with Gasteiger partial charge in [0.1, 0.15) is 0 Å². The van der Waals surface area contributed by atoms with E-state index in [-0.39, 0.29) is 0 Å². The van der Waals surface area contributed by atoms with Gasteiger partial charge in [-0.3, -0.25) is 0 Å². The van der Waals surface area contributed by atoms with Gasteiger partial charge in [0.15, 0.2) is 0 Å². The van der Waals surface area contributed by atoms with Gasteiger partial charge in [0.2, 0.25) is 0 Å². The summed E-state index contributed by atoms with van der Waals surface area (Å²) in [5, 5.41) is 0. The zero-order valence-corrected chi connectivity index (χ0v) is 10.6. The van der Waals surface area contributed by atoms with E-state index in [0.717, 1.165) is 6.42 Å². The predicted octanol–water partition coefficient (Wildman–Crippen LogP) is 4.75. The van der Waals surface area contributed by atoms with Crippen molar-refractivity contribution < 1.29 is 0 Å². The van der Waals surface area contributed by atoms with Crippen molar-refractivity contribution >= 4 is 0 Å². The molecule has 0 saturated heterocycles. The lowest BCUT2D eigenvalue weighted by atomic mass is 9.79. The third-order valence-corrected chi connectivity index (χ3v) is 3.35. The third kappa shape index (κ3) is 3.37. The predicted molar refractivity (Wildman–Crippen MR) is 68.8 cm³/mol. The van der Waals surface area contributed by atoms with Gasteiger partial charge in [0, 0.05) is 0 Å².